The molecule has 1 N–H and O–H groups in total. The Morgan fingerprint density at radius 2 is 1.73 bits per heavy atom. The van der Waals surface area contributed by atoms with Crippen LogP contribution in [0.2, 0.25) is 0 Å². The van der Waals surface area contributed by atoms with Crippen molar-refractivity contribution in [1.29, 1.82) is 0 Å². The van der Waals surface area contributed by atoms with Gasteiger partial charge in [-0.1, -0.05) is 6.07 Å². The number of hydrogen-bond donors (Lipinski definition) is 1. The molecule has 2 aromatic heterocycles. The number of methoxy groups -OCH3 is 2. The van der Waals surface area contributed by atoms with Gasteiger partial charge in [0.2, 0.25) is 6.79 Å². The number of hydrogen-bond acceptors (Lipinski definition) is 8. The molecule has 4 heterocycles. The Morgan fingerprint density at radius 3 is 2.55 bits per heavy atom. The second-order valence-corrected chi connectivity index (χ2v) is 8.25. The normalized spacial score (nSPS) is 16.0. The topological polar surface area (TPSA) is 85.0 Å². The van der Waals surface area contributed by atoms with Crippen LogP contribution in [0.4, 0.5) is 5.82 Å². The van der Waals surface area contributed by atoms with Crippen molar-refractivity contribution in [2.45, 2.75) is 6.54 Å². The average Bonchev–Trinajstić information content (AvgIpc) is 3.47. The number of ether oxygens (including phenoxy) is 4. The monoisotopic (exact) mass is 447 g/mol. The van der Waals surface area contributed by atoms with Crippen LogP contribution in [0.5, 0.6) is 23.0 Å². The highest BCUT2D eigenvalue weighted by molar-refractivity contribution is 6.09. The van der Waals surface area contributed by atoms with Gasteiger partial charge in [0, 0.05) is 44.2 Å². The van der Waals surface area contributed by atoms with Gasteiger partial charge in [-0.2, -0.15) is 0 Å². The van der Waals surface area contributed by atoms with Gasteiger partial charge in [0.25, 0.3) is 0 Å². The van der Waals surface area contributed by atoms with Crippen molar-refractivity contribution in [3.63, 3.8) is 0 Å². The Kier molecular flexibility index (Phi) is 4.83. The summed E-state index contributed by atoms with van der Waals surface area (Å²) in [6, 6.07) is 10.1. The van der Waals surface area contributed by atoms with Gasteiger partial charge in [-0.15, -0.1) is 0 Å². The van der Waals surface area contributed by atoms with Gasteiger partial charge in [0.1, 0.15) is 17.4 Å². The van der Waals surface area contributed by atoms with E-state index in [9.17, 15) is 0 Å². The Balaban J connectivity index is 1.23. The van der Waals surface area contributed by atoms with Crippen molar-refractivity contribution >= 4 is 27.8 Å². The summed E-state index contributed by atoms with van der Waals surface area (Å²) in [5, 5.41) is 0.993. The molecule has 6 rings (SSSR count). The zero-order chi connectivity index (χ0) is 22.4. The minimum absolute atomic E-state index is 0.304. The second-order valence-electron chi connectivity index (χ2n) is 8.25. The molecule has 2 aromatic carbocycles. The molecule has 2 aliphatic rings. The van der Waals surface area contributed by atoms with Gasteiger partial charge in [-0.3, -0.25) is 4.90 Å². The molecule has 170 valence electrons. The Labute approximate surface area is 190 Å². The van der Waals surface area contributed by atoms with Crippen molar-refractivity contribution in [2.24, 2.45) is 0 Å². The van der Waals surface area contributed by atoms with Crippen LogP contribution < -0.4 is 23.8 Å². The summed E-state index contributed by atoms with van der Waals surface area (Å²) < 4.78 is 21.9. The molecule has 33 heavy (non-hydrogen) atoms. The summed E-state index contributed by atoms with van der Waals surface area (Å²) in [5.74, 6) is 3.95. The maximum absolute atomic E-state index is 5.52. The van der Waals surface area contributed by atoms with Crippen LogP contribution in [0.1, 0.15) is 5.56 Å². The number of nitrogens with one attached hydrogen (secondary N) is 1. The van der Waals surface area contributed by atoms with Crippen LogP contribution in [0.3, 0.4) is 0 Å². The molecule has 0 aliphatic carbocycles. The summed E-state index contributed by atoms with van der Waals surface area (Å²) in [7, 11) is 3.28. The minimum atomic E-state index is 0.304. The first kappa shape index (κ1) is 19.9. The number of fused-ring (bicyclic) bond motifs is 4. The van der Waals surface area contributed by atoms with Crippen LogP contribution in [0, 0.1) is 0 Å². The highest BCUT2D eigenvalue weighted by Gasteiger charge is 2.23. The van der Waals surface area contributed by atoms with Crippen LogP contribution >= 0.6 is 0 Å². The molecule has 1 saturated heterocycles. The van der Waals surface area contributed by atoms with Crippen LogP contribution in [0.25, 0.3) is 21.9 Å². The standard InChI is InChI=1S/C24H25N5O4/c1-30-19-10-16-17(11-20(19)31-2)27-23-22(16)25-13-26-24(23)29-7-5-28(6-8-29)12-15-3-4-18-21(9-15)33-14-32-18/h3-4,9-11,13,27H,5-8,12,14H2,1-2H3. The molecule has 2 aliphatic heterocycles. The molecular weight excluding hydrogens is 422 g/mol. The summed E-state index contributed by atoms with van der Waals surface area (Å²) in [4.78, 5) is 17.5. The number of anilines is 1. The number of aromatic nitrogens is 3. The van der Waals surface area contributed by atoms with E-state index in [0.717, 1.165) is 72.0 Å². The van der Waals surface area contributed by atoms with E-state index in [0.29, 0.717) is 18.3 Å². The minimum Gasteiger partial charge on any atom is -0.493 e. The molecule has 0 radical (unpaired) electrons. The fraction of sp³-hybridized carbons (Fsp3) is 0.333. The zero-order valence-electron chi connectivity index (χ0n) is 18.6. The van der Waals surface area contributed by atoms with Crippen molar-refractivity contribution in [1.82, 2.24) is 19.9 Å². The van der Waals surface area contributed by atoms with Crippen LogP contribution in [-0.2, 0) is 6.54 Å². The first-order valence-electron chi connectivity index (χ1n) is 11.0. The van der Waals surface area contributed by atoms with Crippen LogP contribution in [0.15, 0.2) is 36.7 Å². The van der Waals surface area contributed by atoms with E-state index in [1.165, 1.54) is 5.56 Å². The molecule has 0 spiro atoms. The highest BCUT2D eigenvalue weighted by Crippen LogP contribution is 2.37. The SMILES string of the molecule is COc1cc2[nH]c3c(N4CCN(Cc5ccc6c(c5)OCO6)CC4)ncnc3c2cc1OC. The molecule has 1 fully saturated rings. The van der Waals surface area contributed by atoms with E-state index in [1.807, 2.05) is 18.2 Å². The van der Waals surface area contributed by atoms with E-state index in [2.05, 4.69) is 36.9 Å². The van der Waals surface area contributed by atoms with E-state index in [1.54, 1.807) is 20.5 Å². The van der Waals surface area contributed by atoms with Crippen molar-refractivity contribution in [3.05, 3.63) is 42.2 Å². The van der Waals surface area contributed by atoms with Gasteiger partial charge in [-0.05, 0) is 23.8 Å². The molecule has 0 atom stereocenters. The molecule has 4 aromatic rings. The fourth-order valence-electron chi connectivity index (χ4n) is 4.66. The van der Waals surface area contributed by atoms with E-state index in [4.69, 9.17) is 18.9 Å². The van der Waals surface area contributed by atoms with Gasteiger partial charge in [-0.25, -0.2) is 9.97 Å². The summed E-state index contributed by atoms with van der Waals surface area (Å²) >= 11 is 0. The summed E-state index contributed by atoms with van der Waals surface area (Å²) in [6.45, 7) is 4.86. The number of aromatic amines is 1. The maximum atomic E-state index is 5.52. The Bertz CT molecular complexity index is 1330. The second kappa shape index (κ2) is 8.00. The quantitative estimate of drug-likeness (QED) is 0.499. The first-order valence-corrected chi connectivity index (χ1v) is 11.0. The molecule has 9 nitrogen and oxygen atoms in total. The lowest BCUT2D eigenvalue weighted by atomic mass is 10.1. The molecule has 9 heteroatoms. The van der Waals surface area contributed by atoms with E-state index >= 15 is 0 Å². The molecule has 0 unspecified atom stereocenters. The number of nitrogens with zero attached hydrogens (tertiary/aromatic N) is 4. The Morgan fingerprint density at radius 1 is 0.939 bits per heavy atom. The third-order valence-corrected chi connectivity index (χ3v) is 6.38. The summed E-state index contributed by atoms with van der Waals surface area (Å²) in [5.41, 5.74) is 4.01. The predicted molar refractivity (Wildman–Crippen MR) is 125 cm³/mol. The first-order chi connectivity index (χ1) is 16.2. The fourth-order valence-corrected chi connectivity index (χ4v) is 4.66. The zero-order valence-corrected chi connectivity index (χ0v) is 18.6. The largest absolute Gasteiger partial charge is 0.493 e. The summed E-state index contributed by atoms with van der Waals surface area (Å²) in [6.07, 6.45) is 1.64. The smallest absolute Gasteiger partial charge is 0.231 e. The molecular formula is C24H25N5O4. The van der Waals surface area contributed by atoms with E-state index in [-0.39, 0.29) is 0 Å². The van der Waals surface area contributed by atoms with Crippen LogP contribution in [-0.4, -0.2) is 67.0 Å². The number of H-pyrrole nitrogens is 1. The van der Waals surface area contributed by atoms with Gasteiger partial charge in [0.05, 0.1) is 19.7 Å². The highest BCUT2D eigenvalue weighted by atomic mass is 16.7. The third kappa shape index (κ3) is 3.45. The molecule has 0 saturated carbocycles. The number of benzene rings is 2. The Hall–Kier alpha value is -3.72. The third-order valence-electron chi connectivity index (χ3n) is 6.38. The van der Waals surface area contributed by atoms with Gasteiger partial charge in [0.15, 0.2) is 28.8 Å². The van der Waals surface area contributed by atoms with Crippen molar-refractivity contribution < 1.29 is 18.9 Å². The van der Waals surface area contributed by atoms with E-state index < -0.39 is 0 Å². The van der Waals surface area contributed by atoms with Gasteiger partial charge < -0.3 is 28.8 Å². The predicted octanol–water partition coefficient (Wildman–Crippen LogP) is 3.18. The van der Waals surface area contributed by atoms with Crippen molar-refractivity contribution in [3.8, 4) is 23.0 Å². The lowest BCUT2D eigenvalue weighted by molar-refractivity contribution is 0.174. The van der Waals surface area contributed by atoms with Crippen molar-refractivity contribution in [2.75, 3.05) is 52.1 Å². The maximum Gasteiger partial charge on any atom is 0.231 e. The van der Waals surface area contributed by atoms with Gasteiger partial charge >= 0.3 is 0 Å². The lowest BCUT2D eigenvalue weighted by Gasteiger charge is -2.35. The average molecular weight is 447 g/mol. The molecule has 0 bridgehead atoms. The number of piperazine rings is 1. The lowest BCUT2D eigenvalue weighted by Crippen LogP contribution is -2.46. The number of rotatable bonds is 5. The molecule has 0 amide bonds.